The molecule has 6 heteroatoms. The highest BCUT2D eigenvalue weighted by Crippen LogP contribution is 2.31. The van der Waals surface area contributed by atoms with Crippen molar-refractivity contribution in [3.8, 4) is 0 Å². The molecule has 0 spiro atoms. The van der Waals surface area contributed by atoms with E-state index < -0.39 is 0 Å². The molecular formula is C21H25ClN2O2S. The van der Waals surface area contributed by atoms with Crippen LogP contribution in [-0.4, -0.2) is 47.5 Å². The Morgan fingerprint density at radius 2 is 1.70 bits per heavy atom. The first-order valence-corrected chi connectivity index (χ1v) is 10.1. The van der Waals surface area contributed by atoms with Gasteiger partial charge in [0.2, 0.25) is 5.91 Å². The van der Waals surface area contributed by atoms with Crippen LogP contribution in [0.25, 0.3) is 0 Å². The van der Waals surface area contributed by atoms with Crippen molar-refractivity contribution >= 4 is 35.2 Å². The van der Waals surface area contributed by atoms with Crippen LogP contribution in [0.4, 0.5) is 0 Å². The second-order valence-electron chi connectivity index (χ2n) is 6.44. The van der Waals surface area contributed by atoms with Gasteiger partial charge in [-0.05, 0) is 43.7 Å². The maximum Gasteiger partial charge on any atom is 0.253 e. The Labute approximate surface area is 170 Å². The van der Waals surface area contributed by atoms with Gasteiger partial charge in [-0.2, -0.15) is 0 Å². The maximum atomic E-state index is 12.9. The molecule has 0 aromatic heterocycles. The Morgan fingerprint density at radius 3 is 2.26 bits per heavy atom. The molecule has 2 aromatic rings. The van der Waals surface area contributed by atoms with Crippen molar-refractivity contribution < 1.29 is 9.59 Å². The molecule has 0 radical (unpaired) electrons. The number of hydrogen-bond acceptors (Lipinski definition) is 3. The third-order valence-corrected chi connectivity index (χ3v) is 5.77. The fraction of sp³-hybridized carbons (Fsp3) is 0.333. The van der Waals surface area contributed by atoms with Crippen molar-refractivity contribution in [1.29, 1.82) is 0 Å². The zero-order valence-electron chi connectivity index (χ0n) is 16.1. The fourth-order valence-electron chi connectivity index (χ4n) is 2.62. The van der Waals surface area contributed by atoms with Gasteiger partial charge in [-0.15, -0.1) is 11.8 Å². The number of hydrogen-bond donors (Lipinski definition) is 0. The molecule has 2 amide bonds. The van der Waals surface area contributed by atoms with Crippen molar-refractivity contribution in [2.45, 2.75) is 30.5 Å². The summed E-state index contributed by atoms with van der Waals surface area (Å²) in [7, 11) is 3.46. The van der Waals surface area contributed by atoms with E-state index in [4.69, 9.17) is 11.6 Å². The SMILES string of the molecule is CCN(Cc1ccc(C(=O)N(C)C)cc1)C(=O)C(C)Sc1ccccc1Cl. The van der Waals surface area contributed by atoms with Gasteiger partial charge in [0, 0.05) is 37.6 Å². The average Bonchev–Trinajstić information content (AvgIpc) is 2.67. The van der Waals surface area contributed by atoms with Crippen LogP contribution < -0.4 is 0 Å². The summed E-state index contributed by atoms with van der Waals surface area (Å²) in [5.41, 5.74) is 1.64. The fourth-order valence-corrected chi connectivity index (χ4v) is 3.85. The number of carbonyl (C=O) groups excluding carboxylic acids is 2. The molecular weight excluding hydrogens is 380 g/mol. The molecule has 1 atom stereocenters. The molecule has 4 nitrogen and oxygen atoms in total. The van der Waals surface area contributed by atoms with Crippen LogP contribution in [0.1, 0.15) is 29.8 Å². The van der Waals surface area contributed by atoms with Gasteiger partial charge in [0.1, 0.15) is 0 Å². The van der Waals surface area contributed by atoms with E-state index in [1.807, 2.05) is 55.1 Å². The lowest BCUT2D eigenvalue weighted by Crippen LogP contribution is -2.36. The smallest absolute Gasteiger partial charge is 0.253 e. The van der Waals surface area contributed by atoms with Crippen LogP contribution in [0.5, 0.6) is 0 Å². The van der Waals surface area contributed by atoms with Gasteiger partial charge in [-0.3, -0.25) is 9.59 Å². The van der Waals surface area contributed by atoms with Crippen LogP contribution in [0.2, 0.25) is 5.02 Å². The number of amides is 2. The van der Waals surface area contributed by atoms with Crippen LogP contribution in [0, 0.1) is 0 Å². The topological polar surface area (TPSA) is 40.6 Å². The zero-order chi connectivity index (χ0) is 20.0. The summed E-state index contributed by atoms with van der Waals surface area (Å²) in [6.45, 7) is 5.00. The molecule has 1 unspecified atom stereocenters. The number of benzene rings is 2. The van der Waals surface area contributed by atoms with Crippen LogP contribution in [-0.2, 0) is 11.3 Å². The summed E-state index contributed by atoms with van der Waals surface area (Å²) in [6.07, 6.45) is 0. The Morgan fingerprint density at radius 1 is 1.07 bits per heavy atom. The Hall–Kier alpha value is -1.98. The Kier molecular flexibility index (Phi) is 7.75. The third-order valence-electron chi connectivity index (χ3n) is 4.16. The lowest BCUT2D eigenvalue weighted by Gasteiger charge is -2.24. The summed E-state index contributed by atoms with van der Waals surface area (Å²) >= 11 is 7.67. The highest BCUT2D eigenvalue weighted by molar-refractivity contribution is 8.00. The molecule has 0 aliphatic rings. The molecule has 0 aliphatic heterocycles. The third kappa shape index (κ3) is 5.75. The van der Waals surface area contributed by atoms with Crippen LogP contribution >= 0.6 is 23.4 Å². The van der Waals surface area contributed by atoms with E-state index in [-0.39, 0.29) is 17.1 Å². The van der Waals surface area contributed by atoms with E-state index in [1.54, 1.807) is 31.1 Å². The van der Waals surface area contributed by atoms with E-state index in [0.717, 1.165) is 10.5 Å². The van der Waals surface area contributed by atoms with E-state index in [9.17, 15) is 9.59 Å². The van der Waals surface area contributed by atoms with Crippen molar-refractivity contribution in [1.82, 2.24) is 9.80 Å². The predicted molar refractivity (Wildman–Crippen MR) is 112 cm³/mol. The minimum atomic E-state index is -0.237. The first kappa shape index (κ1) is 21.3. The number of rotatable bonds is 7. The van der Waals surface area contributed by atoms with E-state index in [0.29, 0.717) is 23.7 Å². The zero-order valence-corrected chi connectivity index (χ0v) is 17.7. The van der Waals surface area contributed by atoms with Crippen molar-refractivity contribution in [2.24, 2.45) is 0 Å². The standard InChI is InChI=1S/C21H25ClN2O2S/c1-5-24(14-16-10-12-17(13-11-16)21(26)23(3)4)20(25)15(2)27-19-9-7-6-8-18(19)22/h6-13,15H,5,14H2,1-4H3. The lowest BCUT2D eigenvalue weighted by atomic mass is 10.1. The number of nitrogens with zero attached hydrogens (tertiary/aromatic N) is 2. The monoisotopic (exact) mass is 404 g/mol. The first-order chi connectivity index (χ1) is 12.8. The van der Waals surface area contributed by atoms with Crippen molar-refractivity contribution in [3.05, 3.63) is 64.7 Å². The minimum absolute atomic E-state index is 0.0327. The summed E-state index contributed by atoms with van der Waals surface area (Å²) in [4.78, 5) is 29.1. The molecule has 0 saturated heterocycles. The van der Waals surface area contributed by atoms with E-state index in [1.165, 1.54) is 11.8 Å². The van der Waals surface area contributed by atoms with Gasteiger partial charge in [0.25, 0.3) is 5.91 Å². The Bertz CT molecular complexity index is 793. The molecule has 144 valence electrons. The summed E-state index contributed by atoms with van der Waals surface area (Å²) in [5, 5.41) is 0.422. The van der Waals surface area contributed by atoms with Crippen LogP contribution in [0.3, 0.4) is 0 Å². The summed E-state index contributed by atoms with van der Waals surface area (Å²) in [6, 6.07) is 15.0. The highest BCUT2D eigenvalue weighted by atomic mass is 35.5. The van der Waals surface area contributed by atoms with Crippen molar-refractivity contribution in [2.75, 3.05) is 20.6 Å². The van der Waals surface area contributed by atoms with E-state index in [2.05, 4.69) is 0 Å². The molecule has 0 bridgehead atoms. The van der Waals surface area contributed by atoms with Gasteiger partial charge in [0.05, 0.1) is 10.3 Å². The lowest BCUT2D eigenvalue weighted by molar-refractivity contribution is -0.130. The molecule has 2 aromatic carbocycles. The van der Waals surface area contributed by atoms with Gasteiger partial charge in [0.15, 0.2) is 0 Å². The van der Waals surface area contributed by atoms with Gasteiger partial charge >= 0.3 is 0 Å². The first-order valence-electron chi connectivity index (χ1n) is 8.84. The molecule has 2 rings (SSSR count). The maximum absolute atomic E-state index is 12.9. The average molecular weight is 405 g/mol. The number of halogens is 1. The minimum Gasteiger partial charge on any atom is -0.345 e. The van der Waals surface area contributed by atoms with Crippen molar-refractivity contribution in [3.63, 3.8) is 0 Å². The van der Waals surface area contributed by atoms with E-state index >= 15 is 0 Å². The van der Waals surface area contributed by atoms with Gasteiger partial charge < -0.3 is 9.80 Å². The van der Waals surface area contributed by atoms with Crippen LogP contribution in [0.15, 0.2) is 53.4 Å². The molecule has 0 aliphatic carbocycles. The largest absolute Gasteiger partial charge is 0.345 e. The molecule has 0 saturated carbocycles. The highest BCUT2D eigenvalue weighted by Gasteiger charge is 2.21. The summed E-state index contributed by atoms with van der Waals surface area (Å²) in [5.74, 6) is 0.0330. The molecule has 27 heavy (non-hydrogen) atoms. The second kappa shape index (κ2) is 9.81. The molecule has 0 heterocycles. The second-order valence-corrected chi connectivity index (χ2v) is 8.23. The summed E-state index contributed by atoms with van der Waals surface area (Å²) < 4.78 is 0. The molecule has 0 N–H and O–H groups in total. The Balaban J connectivity index is 2.04. The van der Waals surface area contributed by atoms with Gasteiger partial charge in [-0.1, -0.05) is 35.9 Å². The normalized spacial score (nSPS) is 11.7. The molecule has 0 fully saturated rings. The van der Waals surface area contributed by atoms with Gasteiger partial charge in [-0.25, -0.2) is 0 Å². The number of thioether (sulfide) groups is 1. The number of carbonyl (C=O) groups is 2. The quantitative estimate of drug-likeness (QED) is 0.634. The predicted octanol–water partition coefficient (Wildman–Crippen LogP) is 4.57.